The molecule has 0 spiro atoms. The number of methoxy groups -OCH3 is 1. The van der Waals surface area contributed by atoms with Gasteiger partial charge in [-0.3, -0.25) is 5.43 Å². The average molecular weight is 454 g/mol. The lowest BCUT2D eigenvalue weighted by molar-refractivity contribution is 0.284. The van der Waals surface area contributed by atoms with Crippen molar-refractivity contribution < 1.29 is 13.9 Å². The summed E-state index contributed by atoms with van der Waals surface area (Å²) in [5, 5.41) is 5.36. The topological polar surface area (TPSA) is 42.8 Å². The van der Waals surface area contributed by atoms with E-state index >= 15 is 0 Å². The maximum atomic E-state index is 12.9. The van der Waals surface area contributed by atoms with E-state index in [4.69, 9.17) is 44.3 Å². The summed E-state index contributed by atoms with van der Waals surface area (Å²) >= 11 is 18.4. The van der Waals surface area contributed by atoms with Gasteiger partial charge in [0.2, 0.25) is 0 Å². The van der Waals surface area contributed by atoms with Crippen LogP contribution in [-0.4, -0.2) is 13.3 Å². The second-order valence-electron chi connectivity index (χ2n) is 5.90. The Labute approximate surface area is 182 Å². The number of nitrogens with one attached hydrogen (secondary N) is 1. The first kappa shape index (κ1) is 21.2. The molecule has 150 valence electrons. The molecule has 1 N–H and O–H groups in total. The Morgan fingerprint density at radius 1 is 0.966 bits per heavy atom. The average Bonchev–Trinajstić information content (AvgIpc) is 2.73. The van der Waals surface area contributed by atoms with E-state index in [1.165, 1.54) is 12.1 Å². The standard InChI is InChI=1S/C21H16Cl3FN2O2/c1-28-20-10-13(11-26-27-15-5-3-14(25)4-6-15)2-9-19(20)29-12-16-17(22)7-8-18(23)21(16)24/h2-11,27H,12H2,1H3/b26-11+. The Balaban J connectivity index is 1.69. The fraction of sp³-hybridized carbons (Fsp3) is 0.0952. The minimum Gasteiger partial charge on any atom is -0.493 e. The molecule has 4 nitrogen and oxygen atoms in total. The summed E-state index contributed by atoms with van der Waals surface area (Å²) in [5.41, 5.74) is 4.87. The molecule has 3 rings (SSSR count). The Hall–Kier alpha value is -2.47. The van der Waals surface area contributed by atoms with Crippen LogP contribution in [0.5, 0.6) is 11.5 Å². The zero-order valence-electron chi connectivity index (χ0n) is 15.3. The van der Waals surface area contributed by atoms with Crippen molar-refractivity contribution in [2.24, 2.45) is 5.10 Å². The number of nitrogens with zero attached hydrogens (tertiary/aromatic N) is 1. The number of rotatable bonds is 7. The van der Waals surface area contributed by atoms with Crippen LogP contribution in [0.4, 0.5) is 10.1 Å². The summed E-state index contributed by atoms with van der Waals surface area (Å²) in [5.74, 6) is 0.730. The lowest BCUT2D eigenvalue weighted by Crippen LogP contribution is -2.00. The molecular weight excluding hydrogens is 438 g/mol. The number of hydrogen-bond acceptors (Lipinski definition) is 4. The number of ether oxygens (including phenoxy) is 2. The van der Waals surface area contributed by atoms with Crippen molar-refractivity contribution in [3.05, 3.63) is 86.6 Å². The molecule has 0 aliphatic heterocycles. The van der Waals surface area contributed by atoms with Crippen LogP contribution >= 0.6 is 34.8 Å². The smallest absolute Gasteiger partial charge is 0.161 e. The van der Waals surface area contributed by atoms with Gasteiger partial charge in [-0.2, -0.15) is 5.10 Å². The summed E-state index contributed by atoms with van der Waals surface area (Å²) < 4.78 is 24.1. The molecule has 0 saturated heterocycles. The molecule has 0 aliphatic rings. The van der Waals surface area contributed by atoms with Gasteiger partial charge < -0.3 is 9.47 Å². The quantitative estimate of drug-likeness (QED) is 0.242. The van der Waals surface area contributed by atoms with Crippen molar-refractivity contribution in [2.45, 2.75) is 6.61 Å². The highest BCUT2D eigenvalue weighted by Gasteiger charge is 2.12. The third-order valence-electron chi connectivity index (χ3n) is 3.95. The van der Waals surface area contributed by atoms with Crippen LogP contribution in [0.25, 0.3) is 0 Å². The second kappa shape index (κ2) is 9.83. The fourth-order valence-corrected chi connectivity index (χ4v) is 3.10. The van der Waals surface area contributed by atoms with Gasteiger partial charge >= 0.3 is 0 Å². The van der Waals surface area contributed by atoms with E-state index in [1.807, 2.05) is 6.07 Å². The van der Waals surface area contributed by atoms with Gasteiger partial charge in [-0.25, -0.2) is 4.39 Å². The summed E-state index contributed by atoms with van der Waals surface area (Å²) in [6, 6.07) is 14.5. The molecule has 0 aromatic heterocycles. The first-order valence-corrected chi connectivity index (χ1v) is 9.59. The summed E-state index contributed by atoms with van der Waals surface area (Å²) in [7, 11) is 1.54. The molecule has 0 unspecified atom stereocenters. The third kappa shape index (κ3) is 5.54. The van der Waals surface area contributed by atoms with Crippen molar-refractivity contribution in [1.29, 1.82) is 0 Å². The normalized spacial score (nSPS) is 10.9. The largest absolute Gasteiger partial charge is 0.493 e. The number of anilines is 1. The molecule has 29 heavy (non-hydrogen) atoms. The minimum atomic E-state index is -0.305. The van der Waals surface area contributed by atoms with Gasteiger partial charge in [0.1, 0.15) is 12.4 Å². The molecule has 0 saturated carbocycles. The lowest BCUT2D eigenvalue weighted by atomic mass is 10.2. The number of hydrogen-bond donors (Lipinski definition) is 1. The van der Waals surface area contributed by atoms with Gasteiger partial charge in [-0.1, -0.05) is 34.8 Å². The Morgan fingerprint density at radius 2 is 1.69 bits per heavy atom. The maximum absolute atomic E-state index is 12.9. The van der Waals surface area contributed by atoms with E-state index in [0.717, 1.165) is 5.56 Å². The van der Waals surface area contributed by atoms with Crippen LogP contribution in [0.2, 0.25) is 15.1 Å². The van der Waals surface area contributed by atoms with Gasteiger partial charge in [0.15, 0.2) is 11.5 Å². The number of halogens is 4. The van der Waals surface area contributed by atoms with Gasteiger partial charge in [0.05, 0.1) is 29.1 Å². The summed E-state index contributed by atoms with van der Waals surface area (Å²) in [6.45, 7) is 0.133. The van der Waals surface area contributed by atoms with Crippen molar-refractivity contribution in [2.75, 3.05) is 12.5 Å². The zero-order valence-corrected chi connectivity index (χ0v) is 17.5. The summed E-state index contributed by atoms with van der Waals surface area (Å²) in [6.07, 6.45) is 1.61. The molecule has 0 heterocycles. The highest BCUT2D eigenvalue weighted by molar-refractivity contribution is 6.44. The Bertz CT molecular complexity index is 1030. The molecule has 8 heteroatoms. The van der Waals surface area contributed by atoms with E-state index in [1.54, 1.807) is 49.7 Å². The van der Waals surface area contributed by atoms with Crippen molar-refractivity contribution >= 4 is 46.7 Å². The van der Waals surface area contributed by atoms with Crippen LogP contribution in [0.15, 0.2) is 59.7 Å². The first-order valence-electron chi connectivity index (χ1n) is 8.46. The van der Waals surface area contributed by atoms with E-state index in [9.17, 15) is 4.39 Å². The molecule has 0 amide bonds. The van der Waals surface area contributed by atoms with Gasteiger partial charge in [0, 0.05) is 10.6 Å². The van der Waals surface area contributed by atoms with Gasteiger partial charge in [-0.15, -0.1) is 0 Å². The van der Waals surface area contributed by atoms with Crippen LogP contribution in [0, 0.1) is 5.82 Å². The lowest BCUT2D eigenvalue weighted by Gasteiger charge is -2.13. The van der Waals surface area contributed by atoms with Gasteiger partial charge in [-0.05, 0) is 60.2 Å². The molecule has 3 aromatic carbocycles. The molecule has 3 aromatic rings. The zero-order chi connectivity index (χ0) is 20.8. The molecule has 0 bridgehead atoms. The number of benzene rings is 3. The van der Waals surface area contributed by atoms with E-state index in [2.05, 4.69) is 10.5 Å². The Morgan fingerprint density at radius 3 is 2.41 bits per heavy atom. The van der Waals surface area contributed by atoms with E-state index in [0.29, 0.717) is 37.8 Å². The maximum Gasteiger partial charge on any atom is 0.161 e. The van der Waals surface area contributed by atoms with Crippen molar-refractivity contribution in [3.63, 3.8) is 0 Å². The molecule has 0 aliphatic carbocycles. The number of hydrazone groups is 1. The van der Waals surface area contributed by atoms with Crippen LogP contribution < -0.4 is 14.9 Å². The summed E-state index contributed by atoms with van der Waals surface area (Å²) in [4.78, 5) is 0. The van der Waals surface area contributed by atoms with Crippen molar-refractivity contribution in [3.8, 4) is 11.5 Å². The molecular formula is C21H16Cl3FN2O2. The monoisotopic (exact) mass is 452 g/mol. The SMILES string of the molecule is COc1cc(/C=N/Nc2ccc(F)cc2)ccc1OCc1c(Cl)ccc(Cl)c1Cl. The highest BCUT2D eigenvalue weighted by atomic mass is 35.5. The van der Waals surface area contributed by atoms with Crippen LogP contribution in [-0.2, 0) is 6.61 Å². The van der Waals surface area contributed by atoms with E-state index in [-0.39, 0.29) is 12.4 Å². The highest BCUT2D eigenvalue weighted by Crippen LogP contribution is 2.34. The van der Waals surface area contributed by atoms with Crippen molar-refractivity contribution in [1.82, 2.24) is 0 Å². The first-order chi connectivity index (χ1) is 14.0. The molecule has 0 radical (unpaired) electrons. The predicted octanol–water partition coefficient (Wildman–Crippen LogP) is 6.82. The fourth-order valence-electron chi connectivity index (χ4n) is 2.44. The minimum absolute atomic E-state index is 0.133. The Kier molecular flexibility index (Phi) is 7.20. The predicted molar refractivity (Wildman–Crippen MR) is 116 cm³/mol. The third-order valence-corrected chi connectivity index (χ3v) is 5.15. The van der Waals surface area contributed by atoms with E-state index < -0.39 is 0 Å². The van der Waals surface area contributed by atoms with Gasteiger partial charge in [0.25, 0.3) is 0 Å². The molecule has 0 fully saturated rings. The van der Waals surface area contributed by atoms with Crippen LogP contribution in [0.3, 0.4) is 0 Å². The van der Waals surface area contributed by atoms with Crippen LogP contribution in [0.1, 0.15) is 11.1 Å². The molecule has 0 atom stereocenters. The second-order valence-corrected chi connectivity index (χ2v) is 7.09.